The normalized spacial score (nSPS) is 18.4. The molecule has 3 rings (SSSR count). The van der Waals surface area contributed by atoms with Gasteiger partial charge < -0.3 is 0 Å². The highest BCUT2D eigenvalue weighted by Gasteiger charge is 2.34. The number of benzene rings is 2. The zero-order valence-corrected chi connectivity index (χ0v) is 19.2. The maximum Gasteiger partial charge on any atom is 0.244 e. The number of sulfonamides is 1. The highest BCUT2D eigenvalue weighted by Crippen LogP contribution is 2.31. The van der Waals surface area contributed by atoms with Gasteiger partial charge in [-0.3, -0.25) is 4.90 Å². The largest absolute Gasteiger partial charge is 0.297 e. The van der Waals surface area contributed by atoms with Crippen molar-refractivity contribution in [1.29, 1.82) is 0 Å². The molecule has 1 atom stereocenters. The third kappa shape index (κ3) is 4.57. The van der Waals surface area contributed by atoms with E-state index < -0.39 is 10.0 Å². The van der Waals surface area contributed by atoms with E-state index >= 15 is 0 Å². The summed E-state index contributed by atoms with van der Waals surface area (Å²) in [5, 5.41) is 0.387. The van der Waals surface area contributed by atoms with Crippen LogP contribution in [0.5, 0.6) is 0 Å². The van der Waals surface area contributed by atoms with Crippen LogP contribution in [0.2, 0.25) is 5.02 Å². The van der Waals surface area contributed by atoms with Gasteiger partial charge in [0.05, 0.1) is 4.90 Å². The summed E-state index contributed by atoms with van der Waals surface area (Å²) in [6, 6.07) is 9.49. The van der Waals surface area contributed by atoms with Crippen LogP contribution in [-0.4, -0.2) is 43.8 Å². The Balaban J connectivity index is 1.75. The van der Waals surface area contributed by atoms with E-state index in [1.807, 2.05) is 4.90 Å². The topological polar surface area (TPSA) is 40.6 Å². The molecule has 1 heterocycles. The van der Waals surface area contributed by atoms with Crippen molar-refractivity contribution in [2.24, 2.45) is 0 Å². The summed E-state index contributed by atoms with van der Waals surface area (Å²) in [7, 11) is -2.07. The van der Waals surface area contributed by atoms with Crippen LogP contribution in [0, 0.1) is 5.82 Å². The van der Waals surface area contributed by atoms with Gasteiger partial charge in [-0.25, -0.2) is 12.8 Å². The Hall–Kier alpha value is -0.510. The molecule has 1 unspecified atom stereocenters. The van der Waals surface area contributed by atoms with Crippen molar-refractivity contribution >= 4 is 53.5 Å². The molecule has 2 aromatic rings. The molecule has 27 heavy (non-hydrogen) atoms. The SMILES string of the molecule is CN(C1CCN(Cc2c(F)cccc2Cl)C1)S(=O)(=O)c1cc(Br)ccc1Br. The van der Waals surface area contributed by atoms with E-state index in [1.165, 1.54) is 10.4 Å². The Labute approximate surface area is 180 Å². The average Bonchev–Trinajstić information content (AvgIpc) is 3.08. The Bertz CT molecular complexity index is 938. The average molecular weight is 541 g/mol. The van der Waals surface area contributed by atoms with Gasteiger partial charge in [0.2, 0.25) is 10.0 Å². The van der Waals surface area contributed by atoms with Crippen LogP contribution in [0.15, 0.2) is 50.2 Å². The van der Waals surface area contributed by atoms with E-state index in [1.54, 1.807) is 37.4 Å². The number of rotatable bonds is 5. The lowest BCUT2D eigenvalue weighted by Gasteiger charge is -2.25. The summed E-state index contributed by atoms with van der Waals surface area (Å²) in [6.07, 6.45) is 0.674. The maximum absolute atomic E-state index is 14.0. The number of likely N-dealkylation sites (N-methyl/N-ethyl adjacent to an activating group) is 1. The molecule has 1 aliphatic rings. The summed E-state index contributed by atoms with van der Waals surface area (Å²) in [5.41, 5.74) is 0.445. The van der Waals surface area contributed by atoms with Crippen LogP contribution in [0.3, 0.4) is 0 Å². The minimum Gasteiger partial charge on any atom is -0.297 e. The van der Waals surface area contributed by atoms with Crippen molar-refractivity contribution in [2.75, 3.05) is 20.1 Å². The first kappa shape index (κ1) is 21.2. The van der Waals surface area contributed by atoms with E-state index in [0.717, 1.165) is 0 Å². The molecule has 9 heteroatoms. The summed E-state index contributed by atoms with van der Waals surface area (Å²) >= 11 is 12.8. The van der Waals surface area contributed by atoms with Gasteiger partial charge in [0, 0.05) is 52.3 Å². The van der Waals surface area contributed by atoms with Crippen molar-refractivity contribution in [3.05, 3.63) is 61.7 Å². The third-order valence-corrected chi connectivity index (χ3v) is 8.51. The Morgan fingerprint density at radius 2 is 2.04 bits per heavy atom. The second-order valence-electron chi connectivity index (χ2n) is 6.47. The lowest BCUT2D eigenvalue weighted by atomic mass is 10.2. The smallest absolute Gasteiger partial charge is 0.244 e. The van der Waals surface area contributed by atoms with Crippen LogP contribution in [-0.2, 0) is 16.6 Å². The molecular weight excluding hydrogens is 523 g/mol. The molecule has 0 spiro atoms. The quantitative estimate of drug-likeness (QED) is 0.542. The molecule has 0 saturated carbocycles. The van der Waals surface area contributed by atoms with Gasteiger partial charge in [0.1, 0.15) is 5.82 Å². The minimum absolute atomic E-state index is 0.188. The Morgan fingerprint density at radius 1 is 1.30 bits per heavy atom. The summed E-state index contributed by atoms with van der Waals surface area (Å²) < 4.78 is 42.7. The summed E-state index contributed by atoms with van der Waals surface area (Å²) in [4.78, 5) is 2.24. The van der Waals surface area contributed by atoms with E-state index in [9.17, 15) is 12.8 Å². The third-order valence-electron chi connectivity index (χ3n) is 4.76. The molecule has 1 saturated heterocycles. The molecule has 0 aromatic heterocycles. The number of nitrogens with zero attached hydrogens (tertiary/aromatic N) is 2. The van der Waals surface area contributed by atoms with Gasteiger partial charge in [0.15, 0.2) is 0 Å². The van der Waals surface area contributed by atoms with Crippen molar-refractivity contribution in [1.82, 2.24) is 9.21 Å². The van der Waals surface area contributed by atoms with E-state index in [2.05, 4.69) is 31.9 Å². The van der Waals surface area contributed by atoms with Gasteiger partial charge in [-0.1, -0.05) is 33.6 Å². The van der Waals surface area contributed by atoms with Gasteiger partial charge in [-0.05, 0) is 52.7 Å². The van der Waals surface area contributed by atoms with Crippen molar-refractivity contribution in [3.63, 3.8) is 0 Å². The van der Waals surface area contributed by atoms with Crippen molar-refractivity contribution in [2.45, 2.75) is 23.9 Å². The molecule has 0 radical (unpaired) electrons. The fourth-order valence-electron chi connectivity index (χ4n) is 3.19. The number of hydrogen-bond donors (Lipinski definition) is 0. The first-order chi connectivity index (χ1) is 12.7. The molecule has 0 aliphatic carbocycles. The zero-order valence-electron chi connectivity index (χ0n) is 14.5. The lowest BCUT2D eigenvalue weighted by molar-refractivity contribution is 0.294. The van der Waals surface area contributed by atoms with Crippen LogP contribution in [0.4, 0.5) is 4.39 Å². The molecule has 4 nitrogen and oxygen atoms in total. The van der Waals surface area contributed by atoms with E-state index in [4.69, 9.17) is 11.6 Å². The van der Waals surface area contributed by atoms with Gasteiger partial charge in [-0.15, -0.1) is 0 Å². The van der Waals surface area contributed by atoms with E-state index in [0.29, 0.717) is 45.6 Å². The molecular formula is C18H18Br2ClFN2O2S. The molecule has 0 amide bonds. The predicted molar refractivity (Wildman–Crippen MR) is 112 cm³/mol. The Kier molecular flexibility index (Phi) is 6.65. The number of likely N-dealkylation sites (tertiary alicyclic amines) is 1. The predicted octanol–water partition coefficient (Wildman–Crippen LogP) is 4.90. The molecule has 0 bridgehead atoms. The summed E-state index contributed by atoms with van der Waals surface area (Å²) in [6.45, 7) is 1.55. The zero-order chi connectivity index (χ0) is 19.8. The first-order valence-corrected chi connectivity index (χ1v) is 11.7. The highest BCUT2D eigenvalue weighted by molar-refractivity contribution is 9.11. The Morgan fingerprint density at radius 3 is 2.74 bits per heavy atom. The standard InChI is InChI=1S/C18H18Br2ClFN2O2S/c1-23(27(25,26)18-9-12(19)5-6-15(18)20)13-7-8-24(10-13)11-14-16(21)3-2-4-17(14)22/h2-6,9,13H,7-8,10-11H2,1H3. The summed E-state index contributed by atoms with van der Waals surface area (Å²) in [5.74, 6) is -0.343. The molecule has 1 aliphatic heterocycles. The van der Waals surface area contributed by atoms with Gasteiger partial charge >= 0.3 is 0 Å². The number of halogens is 4. The first-order valence-electron chi connectivity index (χ1n) is 8.28. The van der Waals surface area contributed by atoms with E-state index in [-0.39, 0.29) is 16.8 Å². The molecule has 2 aromatic carbocycles. The van der Waals surface area contributed by atoms with Crippen LogP contribution >= 0.6 is 43.5 Å². The molecule has 0 N–H and O–H groups in total. The fourth-order valence-corrected chi connectivity index (χ4v) is 6.25. The molecule has 1 fully saturated rings. The maximum atomic E-state index is 14.0. The second kappa shape index (κ2) is 8.47. The fraction of sp³-hybridized carbons (Fsp3) is 0.333. The van der Waals surface area contributed by atoms with Crippen LogP contribution in [0.25, 0.3) is 0 Å². The lowest BCUT2D eigenvalue weighted by Crippen LogP contribution is -2.39. The second-order valence-corrected chi connectivity index (χ2v) is 10.6. The van der Waals surface area contributed by atoms with Gasteiger partial charge in [-0.2, -0.15) is 4.31 Å². The minimum atomic E-state index is -3.66. The van der Waals surface area contributed by atoms with Crippen molar-refractivity contribution in [3.8, 4) is 0 Å². The molecule has 146 valence electrons. The monoisotopic (exact) mass is 538 g/mol. The number of hydrogen-bond acceptors (Lipinski definition) is 3. The van der Waals surface area contributed by atoms with Crippen molar-refractivity contribution < 1.29 is 12.8 Å². The van der Waals surface area contributed by atoms with Crippen LogP contribution in [0.1, 0.15) is 12.0 Å². The van der Waals surface area contributed by atoms with Gasteiger partial charge in [0.25, 0.3) is 0 Å². The van der Waals surface area contributed by atoms with Crippen LogP contribution < -0.4 is 0 Å². The highest BCUT2D eigenvalue weighted by atomic mass is 79.9.